The fourth-order valence-corrected chi connectivity index (χ4v) is 2.09. The maximum atomic E-state index is 11.8. The van der Waals surface area contributed by atoms with Gasteiger partial charge in [-0.05, 0) is 38.0 Å². The number of allylic oxidation sites excluding steroid dienone is 1. The van der Waals surface area contributed by atoms with Crippen LogP contribution >= 0.6 is 0 Å². The van der Waals surface area contributed by atoms with Gasteiger partial charge in [-0.1, -0.05) is 6.08 Å². The molecular weight excluding hydrogens is 228 g/mol. The van der Waals surface area contributed by atoms with Crippen molar-refractivity contribution < 1.29 is 9.53 Å². The molecule has 1 aliphatic rings. The highest BCUT2D eigenvalue weighted by atomic mass is 16.5. The Hall–Kier alpha value is -1.84. The van der Waals surface area contributed by atoms with E-state index < -0.39 is 0 Å². The van der Waals surface area contributed by atoms with Gasteiger partial charge >= 0.3 is 0 Å². The van der Waals surface area contributed by atoms with Crippen molar-refractivity contribution in [3.05, 3.63) is 36.7 Å². The van der Waals surface area contributed by atoms with Gasteiger partial charge in [0.2, 0.25) is 5.91 Å². The molecule has 4 nitrogen and oxygen atoms in total. The zero-order valence-corrected chi connectivity index (χ0v) is 10.6. The van der Waals surface area contributed by atoms with E-state index in [1.54, 1.807) is 24.5 Å². The maximum absolute atomic E-state index is 11.8. The second-order valence-electron chi connectivity index (χ2n) is 4.35. The van der Waals surface area contributed by atoms with Crippen molar-refractivity contribution in [2.75, 3.05) is 13.1 Å². The van der Waals surface area contributed by atoms with Crippen molar-refractivity contribution in [3.8, 4) is 5.75 Å². The predicted octanol–water partition coefficient (Wildman–Crippen LogP) is 2.03. The molecule has 1 amide bonds. The number of carbonyl (C=O) groups is 1. The number of ether oxygens (including phenoxy) is 1. The minimum Gasteiger partial charge on any atom is -0.488 e. The van der Waals surface area contributed by atoms with Gasteiger partial charge in [0.15, 0.2) is 0 Å². The van der Waals surface area contributed by atoms with Crippen molar-refractivity contribution in [1.29, 1.82) is 0 Å². The molecule has 0 radical (unpaired) electrons. The first-order valence-electron chi connectivity index (χ1n) is 6.28. The van der Waals surface area contributed by atoms with Crippen LogP contribution in [-0.4, -0.2) is 35.0 Å². The molecule has 0 N–H and O–H groups in total. The lowest BCUT2D eigenvalue weighted by Gasteiger charge is -2.32. The smallest absolute Gasteiger partial charge is 0.246 e. The van der Waals surface area contributed by atoms with E-state index in [2.05, 4.69) is 4.98 Å². The van der Waals surface area contributed by atoms with Gasteiger partial charge in [0.05, 0.1) is 6.54 Å². The van der Waals surface area contributed by atoms with Crippen LogP contribution in [0.3, 0.4) is 0 Å². The number of likely N-dealkylation sites (tertiary alicyclic amines) is 1. The summed E-state index contributed by atoms with van der Waals surface area (Å²) < 4.78 is 5.86. The Kier molecular flexibility index (Phi) is 4.34. The first kappa shape index (κ1) is 12.6. The van der Waals surface area contributed by atoms with Crippen LogP contribution in [0, 0.1) is 0 Å². The molecule has 0 bridgehead atoms. The highest BCUT2D eigenvalue weighted by Crippen LogP contribution is 2.17. The molecule has 0 spiro atoms. The van der Waals surface area contributed by atoms with Gasteiger partial charge in [-0.25, -0.2) is 0 Å². The molecule has 0 aliphatic carbocycles. The van der Waals surface area contributed by atoms with E-state index in [9.17, 15) is 4.79 Å². The molecule has 1 aromatic heterocycles. The van der Waals surface area contributed by atoms with Gasteiger partial charge in [0, 0.05) is 18.9 Å². The molecule has 1 atom stereocenters. The van der Waals surface area contributed by atoms with Crippen LogP contribution < -0.4 is 4.74 Å². The zero-order chi connectivity index (χ0) is 12.8. The van der Waals surface area contributed by atoms with E-state index in [1.165, 1.54) is 0 Å². The van der Waals surface area contributed by atoms with Gasteiger partial charge in [0.1, 0.15) is 11.9 Å². The summed E-state index contributed by atoms with van der Waals surface area (Å²) in [6.45, 7) is 3.33. The number of rotatable bonds is 3. The monoisotopic (exact) mass is 246 g/mol. The van der Waals surface area contributed by atoms with E-state index >= 15 is 0 Å². The minimum atomic E-state index is 0.0699. The van der Waals surface area contributed by atoms with Crippen LogP contribution in [0.1, 0.15) is 19.8 Å². The summed E-state index contributed by atoms with van der Waals surface area (Å²) in [5.41, 5.74) is 0. The normalized spacial score (nSPS) is 20.1. The predicted molar refractivity (Wildman–Crippen MR) is 69.3 cm³/mol. The molecule has 1 saturated heterocycles. The average Bonchev–Trinajstić information content (AvgIpc) is 2.40. The molecule has 1 aromatic rings. The molecular formula is C14H18N2O2. The summed E-state index contributed by atoms with van der Waals surface area (Å²) in [4.78, 5) is 17.6. The standard InChI is InChI=1S/C14H18N2O2/c1-2-4-14(17)16-10-3-5-13(11-16)18-12-6-8-15-9-7-12/h2,4,6-9,13H,3,5,10-11H2,1H3/b4-2+/t13-/m0/s1. The molecule has 0 saturated carbocycles. The first-order valence-corrected chi connectivity index (χ1v) is 6.28. The number of aromatic nitrogens is 1. The second kappa shape index (κ2) is 6.19. The highest BCUT2D eigenvalue weighted by molar-refractivity contribution is 5.87. The average molecular weight is 246 g/mol. The number of carbonyl (C=O) groups excluding carboxylic acids is 1. The Morgan fingerprint density at radius 2 is 2.28 bits per heavy atom. The lowest BCUT2D eigenvalue weighted by molar-refractivity contribution is -0.128. The topological polar surface area (TPSA) is 42.4 Å². The van der Waals surface area contributed by atoms with Crippen molar-refractivity contribution in [1.82, 2.24) is 9.88 Å². The minimum absolute atomic E-state index is 0.0699. The number of amides is 1. The quantitative estimate of drug-likeness (QED) is 0.766. The number of pyridine rings is 1. The third-order valence-corrected chi connectivity index (χ3v) is 2.95. The number of hydrogen-bond donors (Lipinski definition) is 0. The van der Waals surface area contributed by atoms with Crippen molar-refractivity contribution in [2.45, 2.75) is 25.9 Å². The Balaban J connectivity index is 1.93. The molecule has 1 fully saturated rings. The summed E-state index contributed by atoms with van der Waals surface area (Å²) in [6, 6.07) is 3.68. The fourth-order valence-electron chi connectivity index (χ4n) is 2.09. The fraction of sp³-hybridized carbons (Fsp3) is 0.429. The summed E-state index contributed by atoms with van der Waals surface area (Å²) in [7, 11) is 0. The summed E-state index contributed by atoms with van der Waals surface area (Å²) in [6.07, 6.45) is 8.85. The molecule has 2 rings (SSSR count). The molecule has 0 unspecified atom stereocenters. The van der Waals surface area contributed by atoms with Crippen LogP contribution in [-0.2, 0) is 4.79 Å². The number of hydrogen-bond acceptors (Lipinski definition) is 3. The summed E-state index contributed by atoms with van der Waals surface area (Å²) in [5, 5.41) is 0. The van der Waals surface area contributed by atoms with E-state index in [0.717, 1.165) is 25.1 Å². The summed E-state index contributed by atoms with van der Waals surface area (Å²) in [5.74, 6) is 0.885. The van der Waals surface area contributed by atoms with E-state index in [4.69, 9.17) is 4.74 Å². The molecule has 0 aromatic carbocycles. The first-order chi connectivity index (χ1) is 8.79. The third-order valence-electron chi connectivity index (χ3n) is 2.95. The Morgan fingerprint density at radius 1 is 1.50 bits per heavy atom. The van der Waals surface area contributed by atoms with Crippen molar-refractivity contribution in [2.24, 2.45) is 0 Å². The van der Waals surface area contributed by atoms with Gasteiger partial charge in [-0.3, -0.25) is 9.78 Å². The lowest BCUT2D eigenvalue weighted by atomic mass is 10.1. The SMILES string of the molecule is C/C=C/C(=O)N1CCC[C@H](Oc2ccncc2)C1. The third kappa shape index (κ3) is 3.32. The van der Waals surface area contributed by atoms with E-state index in [0.29, 0.717) is 6.54 Å². The Morgan fingerprint density at radius 3 is 3.00 bits per heavy atom. The van der Waals surface area contributed by atoms with Crippen LogP contribution in [0.5, 0.6) is 5.75 Å². The highest BCUT2D eigenvalue weighted by Gasteiger charge is 2.23. The van der Waals surface area contributed by atoms with Gasteiger partial charge in [-0.2, -0.15) is 0 Å². The largest absolute Gasteiger partial charge is 0.488 e. The summed E-state index contributed by atoms with van der Waals surface area (Å²) >= 11 is 0. The van der Waals surface area contributed by atoms with E-state index in [-0.39, 0.29) is 12.0 Å². The molecule has 18 heavy (non-hydrogen) atoms. The lowest BCUT2D eigenvalue weighted by Crippen LogP contribution is -2.43. The van der Waals surface area contributed by atoms with Gasteiger partial charge in [0.25, 0.3) is 0 Å². The van der Waals surface area contributed by atoms with Crippen molar-refractivity contribution >= 4 is 5.91 Å². The molecule has 96 valence electrons. The Labute approximate surface area is 107 Å². The molecule has 2 heterocycles. The van der Waals surface area contributed by atoms with Crippen LogP contribution in [0.25, 0.3) is 0 Å². The Bertz CT molecular complexity index is 417. The van der Waals surface area contributed by atoms with Gasteiger partial charge < -0.3 is 9.64 Å². The number of piperidine rings is 1. The second-order valence-corrected chi connectivity index (χ2v) is 4.35. The molecule has 4 heteroatoms. The van der Waals surface area contributed by atoms with Crippen molar-refractivity contribution in [3.63, 3.8) is 0 Å². The van der Waals surface area contributed by atoms with E-state index in [1.807, 2.05) is 24.0 Å². The van der Waals surface area contributed by atoms with Crippen LogP contribution in [0.4, 0.5) is 0 Å². The van der Waals surface area contributed by atoms with Crippen LogP contribution in [0.15, 0.2) is 36.7 Å². The van der Waals surface area contributed by atoms with Gasteiger partial charge in [-0.15, -0.1) is 0 Å². The zero-order valence-electron chi connectivity index (χ0n) is 10.6. The molecule has 1 aliphatic heterocycles. The van der Waals surface area contributed by atoms with Crippen LogP contribution in [0.2, 0.25) is 0 Å². The number of nitrogens with zero attached hydrogens (tertiary/aromatic N) is 2. The maximum Gasteiger partial charge on any atom is 0.246 e.